The second kappa shape index (κ2) is 11.7. The maximum Gasteiger partial charge on any atom is 0.184 e. The minimum absolute atomic E-state index is 0.221. The van der Waals surface area contributed by atoms with Gasteiger partial charge < -0.3 is 15.2 Å². The Bertz CT molecular complexity index is 1960. The summed E-state index contributed by atoms with van der Waals surface area (Å²) in [4.78, 5) is 25.8. The zero-order valence-corrected chi connectivity index (χ0v) is 24.5. The Balaban J connectivity index is 1.25. The molecule has 6 aromatic rings. The van der Waals surface area contributed by atoms with E-state index in [9.17, 15) is 4.39 Å². The molecule has 6 heterocycles. The summed E-state index contributed by atoms with van der Waals surface area (Å²) in [6.07, 6.45) is 9.01. The van der Waals surface area contributed by atoms with Crippen LogP contribution >= 0.6 is 0 Å². The van der Waals surface area contributed by atoms with Gasteiger partial charge in [0.2, 0.25) is 0 Å². The van der Waals surface area contributed by atoms with Gasteiger partial charge in [0.1, 0.15) is 22.8 Å². The molecule has 1 aromatic carbocycles. The van der Waals surface area contributed by atoms with E-state index in [2.05, 4.69) is 40.3 Å². The lowest BCUT2D eigenvalue weighted by atomic mass is 10.0. The third-order valence-corrected chi connectivity index (χ3v) is 7.93. The molecule has 0 bridgehead atoms. The van der Waals surface area contributed by atoms with Crippen molar-refractivity contribution in [3.8, 4) is 33.9 Å². The van der Waals surface area contributed by atoms with Crippen LogP contribution in [0.25, 0.3) is 56.0 Å². The molecule has 7 rings (SSSR count). The number of hydrogen-bond acceptors (Lipinski definition) is 8. The van der Waals surface area contributed by atoms with Crippen LogP contribution in [0.3, 0.4) is 0 Å². The fourth-order valence-electron chi connectivity index (χ4n) is 5.76. The molecule has 1 aliphatic rings. The first-order valence-corrected chi connectivity index (χ1v) is 14.7. The topological polar surface area (TPSA) is 115 Å². The summed E-state index contributed by atoms with van der Waals surface area (Å²) in [5.41, 5.74) is 5.54. The number of imidazole rings is 1. The number of halogens is 2. The summed E-state index contributed by atoms with van der Waals surface area (Å²) < 4.78 is 30.9. The van der Waals surface area contributed by atoms with E-state index in [1.807, 2.05) is 37.3 Å². The van der Waals surface area contributed by atoms with Crippen LogP contribution in [0, 0.1) is 11.6 Å². The summed E-state index contributed by atoms with van der Waals surface area (Å²) >= 11 is 0. The monoisotopic (exact) mass is 594 g/mol. The molecular weight excluding hydrogens is 562 g/mol. The molecule has 224 valence electrons. The van der Waals surface area contributed by atoms with Crippen LogP contribution in [-0.2, 0) is 6.54 Å². The van der Waals surface area contributed by atoms with E-state index in [-0.39, 0.29) is 16.9 Å². The van der Waals surface area contributed by atoms with Gasteiger partial charge in [-0.05, 0) is 75.9 Å². The van der Waals surface area contributed by atoms with Gasteiger partial charge in [-0.25, -0.2) is 18.7 Å². The number of aromatic amines is 2. The lowest BCUT2D eigenvalue weighted by Crippen LogP contribution is -2.20. The molecule has 5 aromatic heterocycles. The van der Waals surface area contributed by atoms with E-state index < -0.39 is 5.82 Å². The van der Waals surface area contributed by atoms with E-state index in [1.165, 1.54) is 31.2 Å². The van der Waals surface area contributed by atoms with E-state index in [1.54, 1.807) is 18.5 Å². The smallest absolute Gasteiger partial charge is 0.184 e. The number of aromatic nitrogens is 7. The van der Waals surface area contributed by atoms with E-state index >= 15 is 4.39 Å². The summed E-state index contributed by atoms with van der Waals surface area (Å²) in [6, 6.07) is 8.49. The van der Waals surface area contributed by atoms with Gasteiger partial charge in [-0.15, -0.1) is 0 Å². The zero-order chi connectivity index (χ0) is 30.2. The molecule has 0 spiro atoms. The van der Waals surface area contributed by atoms with Gasteiger partial charge in [0.25, 0.3) is 0 Å². The molecule has 3 N–H and O–H groups in total. The SMILES string of the molecule is CN(C)CCNc1cc(F)cc(-c2nccc3[nH]c(-c4[nH]nc5ncc(-c6cncc(CN7CCCC7)c6)c(F)c45)nc23)c1. The minimum atomic E-state index is -0.462. The van der Waals surface area contributed by atoms with Crippen molar-refractivity contribution in [2.45, 2.75) is 19.4 Å². The molecule has 12 heteroatoms. The molecule has 44 heavy (non-hydrogen) atoms. The number of nitrogens with one attached hydrogen (secondary N) is 3. The van der Waals surface area contributed by atoms with Gasteiger partial charge in [0, 0.05) is 66.8 Å². The summed E-state index contributed by atoms with van der Waals surface area (Å²) in [6.45, 7) is 4.37. The maximum atomic E-state index is 16.3. The number of pyridine rings is 3. The number of nitrogens with zero attached hydrogens (tertiary/aromatic N) is 7. The molecule has 1 fully saturated rings. The average Bonchev–Trinajstić information content (AvgIpc) is 3.77. The van der Waals surface area contributed by atoms with E-state index in [0.29, 0.717) is 57.2 Å². The van der Waals surface area contributed by atoms with E-state index in [0.717, 1.165) is 31.7 Å². The Morgan fingerprint density at radius 1 is 1.00 bits per heavy atom. The molecular formula is C32H32F2N10. The molecule has 0 radical (unpaired) electrons. The van der Waals surface area contributed by atoms with Crippen LogP contribution in [0.15, 0.2) is 55.1 Å². The zero-order valence-electron chi connectivity index (χ0n) is 24.5. The molecule has 0 aliphatic carbocycles. The first-order chi connectivity index (χ1) is 21.4. The predicted octanol–water partition coefficient (Wildman–Crippen LogP) is 5.47. The predicted molar refractivity (Wildman–Crippen MR) is 167 cm³/mol. The largest absolute Gasteiger partial charge is 0.384 e. The second-order valence-electron chi connectivity index (χ2n) is 11.4. The number of rotatable bonds is 9. The normalized spacial score (nSPS) is 13.9. The third-order valence-electron chi connectivity index (χ3n) is 7.93. The fraction of sp³-hybridized carbons (Fsp3) is 0.281. The molecule has 0 saturated carbocycles. The van der Waals surface area contributed by atoms with Crippen LogP contribution in [0.4, 0.5) is 14.5 Å². The van der Waals surface area contributed by atoms with Crippen molar-refractivity contribution >= 4 is 27.8 Å². The first kappa shape index (κ1) is 28.0. The molecule has 1 saturated heterocycles. The number of hydrogen-bond donors (Lipinski definition) is 3. The van der Waals surface area contributed by atoms with Crippen LogP contribution in [0.1, 0.15) is 18.4 Å². The van der Waals surface area contributed by atoms with Gasteiger partial charge in [0.15, 0.2) is 11.5 Å². The van der Waals surface area contributed by atoms with Crippen LogP contribution in [0.5, 0.6) is 0 Å². The number of anilines is 1. The fourth-order valence-corrected chi connectivity index (χ4v) is 5.76. The highest BCUT2D eigenvalue weighted by molar-refractivity contribution is 5.96. The van der Waals surface area contributed by atoms with Crippen LogP contribution in [-0.4, -0.2) is 85.2 Å². The number of likely N-dealkylation sites (tertiary alicyclic amines) is 1. The average molecular weight is 595 g/mol. The highest BCUT2D eigenvalue weighted by atomic mass is 19.1. The van der Waals surface area contributed by atoms with Crippen LogP contribution < -0.4 is 5.32 Å². The Hall–Kier alpha value is -4.81. The van der Waals surface area contributed by atoms with Crippen molar-refractivity contribution in [2.75, 3.05) is 45.6 Å². The number of likely N-dealkylation sites (N-methyl/N-ethyl adjacent to an activating group) is 1. The molecule has 1 aliphatic heterocycles. The third kappa shape index (κ3) is 5.49. The van der Waals surface area contributed by atoms with Crippen molar-refractivity contribution in [2.24, 2.45) is 0 Å². The number of H-pyrrole nitrogens is 2. The van der Waals surface area contributed by atoms with Crippen molar-refractivity contribution < 1.29 is 8.78 Å². The highest BCUT2D eigenvalue weighted by Crippen LogP contribution is 2.35. The Morgan fingerprint density at radius 2 is 1.86 bits per heavy atom. The van der Waals surface area contributed by atoms with Gasteiger partial charge in [-0.1, -0.05) is 0 Å². The number of benzene rings is 1. The van der Waals surface area contributed by atoms with Gasteiger partial charge in [-0.2, -0.15) is 5.10 Å². The first-order valence-electron chi connectivity index (χ1n) is 14.7. The highest BCUT2D eigenvalue weighted by Gasteiger charge is 2.22. The molecule has 0 amide bonds. The van der Waals surface area contributed by atoms with Gasteiger partial charge in [0.05, 0.1) is 16.6 Å². The Morgan fingerprint density at radius 3 is 2.70 bits per heavy atom. The lowest BCUT2D eigenvalue weighted by Gasteiger charge is -2.15. The van der Waals surface area contributed by atoms with Crippen molar-refractivity contribution in [1.82, 2.24) is 44.9 Å². The molecule has 10 nitrogen and oxygen atoms in total. The quantitative estimate of drug-likeness (QED) is 0.202. The minimum Gasteiger partial charge on any atom is -0.384 e. The van der Waals surface area contributed by atoms with Crippen LogP contribution in [0.2, 0.25) is 0 Å². The lowest BCUT2D eigenvalue weighted by molar-refractivity contribution is 0.331. The van der Waals surface area contributed by atoms with Gasteiger partial charge in [-0.3, -0.25) is 20.0 Å². The molecule has 0 atom stereocenters. The van der Waals surface area contributed by atoms with E-state index in [4.69, 9.17) is 4.98 Å². The van der Waals surface area contributed by atoms with Crippen molar-refractivity contribution in [3.63, 3.8) is 0 Å². The van der Waals surface area contributed by atoms with Gasteiger partial charge >= 0.3 is 0 Å². The summed E-state index contributed by atoms with van der Waals surface area (Å²) in [5.74, 6) is -0.476. The second-order valence-corrected chi connectivity index (χ2v) is 11.4. The standard InChI is InChI=1S/C32H32F2N10/c1-43(2)10-7-36-23-13-20(12-22(33)14-23)28-29-25(5-6-37-28)39-32(40-29)30-26-27(34)24(17-38-31(26)42-41-30)21-11-19(15-35-16-21)18-44-8-3-4-9-44/h5-6,11-17,36H,3-4,7-10,18H2,1-2H3,(H,39,40)(H,38,41,42). The summed E-state index contributed by atoms with van der Waals surface area (Å²) in [7, 11) is 3.96. The Kier molecular flexibility index (Phi) is 7.44. The molecule has 0 unspecified atom stereocenters. The van der Waals surface area contributed by atoms with Crippen molar-refractivity contribution in [3.05, 3.63) is 72.3 Å². The van der Waals surface area contributed by atoms with Crippen molar-refractivity contribution in [1.29, 1.82) is 0 Å². The maximum absolute atomic E-state index is 16.3. The summed E-state index contributed by atoms with van der Waals surface area (Å²) in [5, 5.41) is 10.7. The number of fused-ring (bicyclic) bond motifs is 2. The Labute approximate surface area is 252 Å².